The summed E-state index contributed by atoms with van der Waals surface area (Å²) >= 11 is 27.1. The molecule has 1 aliphatic rings. The van der Waals surface area contributed by atoms with Gasteiger partial charge in [0, 0.05) is 97.9 Å². The number of aryl methyl sites for hydroxylation is 3. The molecule has 111 heavy (non-hydrogen) atoms. The number of hydrogen-bond acceptors (Lipinski definition) is 16. The Morgan fingerprint density at radius 1 is 0.387 bits per heavy atom. The van der Waals surface area contributed by atoms with Crippen molar-refractivity contribution in [1.29, 1.82) is 0 Å². The van der Waals surface area contributed by atoms with Gasteiger partial charge in [-0.15, -0.1) is 40.8 Å². The number of amides is 2. The Bertz CT molecular complexity index is 5970. The van der Waals surface area contributed by atoms with Crippen LogP contribution in [0.1, 0.15) is 5.56 Å². The van der Waals surface area contributed by atoms with E-state index in [-0.39, 0.29) is 30.7 Å². The first-order valence-corrected chi connectivity index (χ1v) is 37.1. The lowest BCUT2D eigenvalue weighted by molar-refractivity contribution is -0.133. The molecule has 0 saturated carbocycles. The fourth-order valence-corrected chi connectivity index (χ4v) is 14.1. The normalized spacial score (nSPS) is 12.2. The summed E-state index contributed by atoms with van der Waals surface area (Å²) in [5.74, 6) is -0.432. The van der Waals surface area contributed by atoms with Crippen molar-refractivity contribution in [1.82, 2.24) is 99.9 Å². The van der Waals surface area contributed by atoms with Crippen LogP contribution in [0.15, 0.2) is 231 Å². The van der Waals surface area contributed by atoms with E-state index in [4.69, 9.17) is 56.6 Å². The van der Waals surface area contributed by atoms with Gasteiger partial charge in [0.05, 0.1) is 41.6 Å². The molecule has 0 bridgehead atoms. The van der Waals surface area contributed by atoms with Crippen molar-refractivity contribution in [2.75, 3.05) is 60.4 Å². The van der Waals surface area contributed by atoms with Crippen molar-refractivity contribution in [3.05, 3.63) is 262 Å². The molecule has 17 rings (SSSR count). The number of aromatic nitrogens is 16. The highest BCUT2D eigenvalue weighted by atomic mass is 35.5. The Balaban J connectivity index is 0.000000124. The molecular weight excluding hydrogens is 1480 g/mol. The third-order valence-corrected chi connectivity index (χ3v) is 20.1. The smallest absolute Gasteiger partial charge is 0.244 e. The molecule has 27 heteroatoms. The number of piperazine rings is 1. The molecule has 8 aromatic carbocycles. The molecule has 0 radical (unpaired) electrons. The van der Waals surface area contributed by atoms with Crippen LogP contribution in [0, 0.1) is 12.7 Å². The van der Waals surface area contributed by atoms with Gasteiger partial charge in [-0.3, -0.25) is 9.59 Å². The van der Waals surface area contributed by atoms with Gasteiger partial charge in [-0.25, -0.2) is 23.1 Å². The predicted octanol–water partition coefficient (Wildman–Crippen LogP) is 16.2. The zero-order valence-corrected chi connectivity index (χ0v) is 64.3. The van der Waals surface area contributed by atoms with Gasteiger partial charge in [0.1, 0.15) is 64.5 Å². The lowest BCUT2D eigenvalue weighted by Crippen LogP contribution is -2.48. The topological polar surface area (TPSA) is 230 Å². The predicted molar refractivity (Wildman–Crippen MR) is 437 cm³/mol. The number of halogens is 5. The number of carbonyl (C=O) groups excluding carboxylic acids is 2. The van der Waals surface area contributed by atoms with E-state index in [1.54, 1.807) is 37.9 Å². The summed E-state index contributed by atoms with van der Waals surface area (Å²) in [6.45, 7) is 6.67. The molecule has 1 N–H and O–H groups in total. The molecule has 0 unspecified atom stereocenters. The summed E-state index contributed by atoms with van der Waals surface area (Å²) in [5.41, 5.74) is 15.9. The highest BCUT2D eigenvalue weighted by Gasteiger charge is 2.28. The number of nitrogens with zero attached hydrogens (tertiary/aromatic N) is 19. The number of rotatable bonds is 15. The van der Waals surface area contributed by atoms with Crippen molar-refractivity contribution in [3.63, 3.8) is 0 Å². The quantitative estimate of drug-likeness (QED) is 0.101. The number of likely N-dealkylation sites (N-methyl/N-ethyl adjacent to an activating group) is 2. The summed E-state index contributed by atoms with van der Waals surface area (Å²) in [6.07, 6.45) is 0. The fourth-order valence-electron chi connectivity index (χ4n) is 12.9. The van der Waals surface area contributed by atoms with Gasteiger partial charge in [0.2, 0.25) is 11.8 Å². The number of benzene rings is 8. The van der Waals surface area contributed by atoms with Gasteiger partial charge < -0.3 is 20.0 Å². The summed E-state index contributed by atoms with van der Waals surface area (Å²) < 4.78 is 19.7. The maximum atomic E-state index is 13.2. The van der Waals surface area contributed by atoms with Crippen LogP contribution in [0.25, 0.3) is 134 Å². The molecule has 0 spiro atoms. The molecular formula is C84H73Cl4FN20O2. The maximum Gasteiger partial charge on any atom is 0.244 e. The van der Waals surface area contributed by atoms with Gasteiger partial charge in [0.25, 0.3) is 0 Å². The molecule has 22 nitrogen and oxygen atoms in total. The van der Waals surface area contributed by atoms with Gasteiger partial charge in [-0.05, 0) is 58.4 Å². The average molecular weight is 1560 g/mol. The summed E-state index contributed by atoms with van der Waals surface area (Å²) in [6, 6.07) is 72.8. The van der Waals surface area contributed by atoms with Crippen molar-refractivity contribution in [2.45, 2.75) is 20.0 Å². The Hall–Kier alpha value is -12.1. The second-order valence-electron chi connectivity index (χ2n) is 26.6. The summed E-state index contributed by atoms with van der Waals surface area (Å²) in [7, 11) is 9.64. The van der Waals surface area contributed by atoms with Gasteiger partial charge in [-0.2, -0.15) is 20.4 Å². The third-order valence-electron chi connectivity index (χ3n) is 18.6. The first kappa shape index (κ1) is 75.7. The highest BCUT2D eigenvalue weighted by molar-refractivity contribution is 6.40. The van der Waals surface area contributed by atoms with Crippen LogP contribution in [-0.2, 0) is 36.8 Å². The van der Waals surface area contributed by atoms with Gasteiger partial charge in [0.15, 0.2) is 22.6 Å². The molecule has 556 valence electrons. The minimum atomic E-state index is -0.310. The molecule has 9 heterocycles. The third kappa shape index (κ3) is 16.7. The van der Waals surface area contributed by atoms with Crippen LogP contribution in [-0.4, -0.2) is 167 Å². The molecule has 16 aromatic rings. The number of carbonyl (C=O) groups is 2. The number of hydrogen-bond donors (Lipinski definition) is 1. The SMILES string of the molecule is CN(C)CCNC(=O)Cn1nc(-c2ccccc2)c2c(Cl)c(-c3ccccc3)nnc21.CN1CCN(C(=O)Cn2nc(-c3ccccc3)c3c(Cl)c(-c4ccccc4)nnc32)CC1.Cc1cccc(-c2nn(C)c3nnc(-c4ccccc4)c(Cl)c23)c1.Cn1nc(-c2ccccc2)c2c(Cl)c(-c3ccc(F)cc3)nnc21. The van der Waals surface area contributed by atoms with Crippen LogP contribution < -0.4 is 5.32 Å². The van der Waals surface area contributed by atoms with Crippen LogP contribution in [0.5, 0.6) is 0 Å². The molecule has 1 saturated heterocycles. The van der Waals surface area contributed by atoms with Crippen LogP contribution in [0.2, 0.25) is 20.1 Å². The number of nitrogens with one attached hydrogen (secondary N) is 1. The van der Waals surface area contributed by atoms with Crippen LogP contribution in [0.3, 0.4) is 0 Å². The van der Waals surface area contributed by atoms with Crippen molar-refractivity contribution < 1.29 is 14.0 Å². The van der Waals surface area contributed by atoms with E-state index in [1.165, 1.54) is 17.7 Å². The minimum absolute atomic E-state index is 0.0205. The molecule has 0 aliphatic carbocycles. The zero-order valence-electron chi connectivity index (χ0n) is 61.3. The lowest BCUT2D eigenvalue weighted by atomic mass is 10.1. The second kappa shape index (κ2) is 34.2. The minimum Gasteiger partial charge on any atom is -0.353 e. The fraction of sp³-hybridized carbons (Fsp3) is 0.167. The Labute approximate surface area is 658 Å². The monoisotopic (exact) mass is 1550 g/mol. The number of fused-ring (bicyclic) bond motifs is 4. The van der Waals surface area contributed by atoms with Crippen molar-refractivity contribution in [2.24, 2.45) is 14.1 Å². The van der Waals surface area contributed by atoms with Crippen molar-refractivity contribution >= 4 is 102 Å². The molecule has 1 aliphatic heterocycles. The van der Waals surface area contributed by atoms with Crippen molar-refractivity contribution in [3.8, 4) is 90.1 Å². The van der Waals surface area contributed by atoms with E-state index < -0.39 is 0 Å². The Morgan fingerprint density at radius 3 is 1.09 bits per heavy atom. The first-order valence-electron chi connectivity index (χ1n) is 35.6. The summed E-state index contributed by atoms with van der Waals surface area (Å²) in [4.78, 5) is 31.6. The van der Waals surface area contributed by atoms with E-state index in [0.717, 1.165) is 80.7 Å². The molecule has 1 fully saturated rings. The average Bonchev–Trinajstić information content (AvgIpc) is 1.65. The molecule has 8 aromatic heterocycles. The van der Waals surface area contributed by atoms with Gasteiger partial charge >= 0.3 is 0 Å². The largest absolute Gasteiger partial charge is 0.353 e. The van der Waals surface area contributed by atoms with E-state index in [2.05, 4.69) is 87.3 Å². The van der Waals surface area contributed by atoms with E-state index in [0.29, 0.717) is 113 Å². The second-order valence-corrected chi connectivity index (χ2v) is 28.1. The van der Waals surface area contributed by atoms with E-state index in [1.807, 2.05) is 225 Å². The first-order chi connectivity index (χ1) is 54.0. The molecule has 0 atom stereocenters. The van der Waals surface area contributed by atoms with Gasteiger partial charge in [-0.1, -0.05) is 252 Å². The standard InChI is InChI=1S/C24H23ClN6O.C23H23ClN6O.C19H15ClN4.C18H12ClFN4/c1-29-12-14-30(15-13-29)19(32)16-31-24-20(22(28-31)17-8-4-2-5-9-17)21(25)23(26-27-24)18-10-6-3-7-11-18;1-29(2)14-13-25-18(31)15-30-23-19(21(28-30)16-9-5-3-6-10-16)20(24)22(26-27-23)17-11-7-4-8-12-17;1-12-7-6-10-14(11-12)17-15-16(20)18(13-8-4-3-5-9-13)21-22-19(15)24(2)23-17;1-24-18-14(16(23-24)11-5-3-2-4-6-11)15(19)17(21-22-18)12-7-9-13(20)10-8-12/h2-11H,12-16H2,1H3;3-12H,13-15H2,1-2H3,(H,25,31);3-11H,1-2H3;2-10H,1H3. The zero-order chi connectivity index (χ0) is 77.2. The highest BCUT2D eigenvalue weighted by Crippen LogP contribution is 2.42. The lowest BCUT2D eigenvalue weighted by Gasteiger charge is -2.32. The summed E-state index contributed by atoms with van der Waals surface area (Å²) in [5, 5.41) is 61.3. The maximum absolute atomic E-state index is 13.2. The van der Waals surface area contributed by atoms with E-state index >= 15 is 0 Å². The van der Waals surface area contributed by atoms with E-state index in [9.17, 15) is 14.0 Å². The Kier molecular flexibility index (Phi) is 23.3. The van der Waals surface area contributed by atoms with Crippen LogP contribution >= 0.6 is 46.4 Å². The van der Waals surface area contributed by atoms with Crippen LogP contribution in [0.4, 0.5) is 4.39 Å². The Morgan fingerprint density at radius 2 is 0.712 bits per heavy atom. The molecule has 2 amide bonds.